The van der Waals surface area contributed by atoms with Gasteiger partial charge in [0.15, 0.2) is 5.65 Å². The number of halogens is 1. The standard InChI is InChI=1S/C21H19BFN5O2/c1-21(2)17-14(11-4-6-13(23)7-5-11)8-12(9-15(17)22(29)30-21)18-16-19(24)25-10-26-20(16)28(3)27-18/h4-10,29H,1-3H3,(H2,24,25,26). The fourth-order valence-electron chi connectivity index (χ4n) is 4.24. The maximum atomic E-state index is 13.6. The van der Waals surface area contributed by atoms with Crippen LogP contribution in [0.5, 0.6) is 0 Å². The van der Waals surface area contributed by atoms with Gasteiger partial charge < -0.3 is 15.4 Å². The topological polar surface area (TPSA) is 99.1 Å². The van der Waals surface area contributed by atoms with Gasteiger partial charge in [0, 0.05) is 12.6 Å². The molecule has 0 saturated heterocycles. The largest absolute Gasteiger partial charge is 0.492 e. The van der Waals surface area contributed by atoms with E-state index < -0.39 is 12.7 Å². The van der Waals surface area contributed by atoms with Crippen molar-refractivity contribution in [1.29, 1.82) is 0 Å². The second-order valence-electron chi connectivity index (χ2n) is 7.91. The minimum absolute atomic E-state index is 0.317. The first kappa shape index (κ1) is 18.7. The average Bonchev–Trinajstić information content (AvgIpc) is 3.16. The van der Waals surface area contributed by atoms with Crippen molar-refractivity contribution in [2.24, 2.45) is 7.05 Å². The second kappa shape index (κ2) is 6.35. The predicted octanol–water partition coefficient (Wildman–Crippen LogP) is 2.37. The maximum Gasteiger partial charge on any atom is 0.492 e. The monoisotopic (exact) mass is 403 g/mol. The number of fused-ring (bicyclic) bond motifs is 2. The number of anilines is 1. The van der Waals surface area contributed by atoms with Crippen molar-refractivity contribution in [2.45, 2.75) is 19.4 Å². The molecule has 0 amide bonds. The van der Waals surface area contributed by atoms with Crippen LogP contribution in [-0.2, 0) is 17.3 Å². The number of hydrogen-bond donors (Lipinski definition) is 2. The summed E-state index contributed by atoms with van der Waals surface area (Å²) in [7, 11) is 0.700. The van der Waals surface area contributed by atoms with Crippen molar-refractivity contribution in [2.75, 3.05) is 5.73 Å². The SMILES string of the molecule is Cn1nc(-c2cc3c(c(-c4ccc(F)cc4)c2)C(C)(C)OB3O)c2c(N)ncnc21. The Labute approximate surface area is 172 Å². The van der Waals surface area contributed by atoms with Crippen LogP contribution in [0, 0.1) is 5.82 Å². The Balaban J connectivity index is 1.84. The Morgan fingerprint density at radius 2 is 1.87 bits per heavy atom. The van der Waals surface area contributed by atoms with Gasteiger partial charge in [-0.1, -0.05) is 18.2 Å². The Kier molecular flexibility index (Phi) is 3.96. The van der Waals surface area contributed by atoms with E-state index >= 15 is 0 Å². The molecule has 0 atom stereocenters. The fourth-order valence-corrected chi connectivity index (χ4v) is 4.24. The summed E-state index contributed by atoms with van der Waals surface area (Å²) < 4.78 is 21.0. The maximum absolute atomic E-state index is 13.6. The molecular formula is C21H19BFN5O2. The van der Waals surface area contributed by atoms with Crippen molar-refractivity contribution in [3.8, 4) is 22.4 Å². The van der Waals surface area contributed by atoms with Crippen LogP contribution in [0.25, 0.3) is 33.4 Å². The molecule has 2 aromatic carbocycles. The van der Waals surface area contributed by atoms with E-state index in [-0.39, 0.29) is 5.82 Å². The number of hydrogen-bond acceptors (Lipinski definition) is 6. The zero-order valence-corrected chi connectivity index (χ0v) is 16.7. The minimum atomic E-state index is -1.09. The molecule has 2 aromatic heterocycles. The van der Waals surface area contributed by atoms with E-state index in [1.54, 1.807) is 23.9 Å². The summed E-state index contributed by atoms with van der Waals surface area (Å²) in [5.74, 6) is 0.00629. The molecule has 4 aromatic rings. The Hall–Kier alpha value is -3.30. The van der Waals surface area contributed by atoms with E-state index in [1.807, 2.05) is 26.0 Å². The van der Waals surface area contributed by atoms with Crippen molar-refractivity contribution in [3.63, 3.8) is 0 Å². The van der Waals surface area contributed by atoms with E-state index in [9.17, 15) is 9.41 Å². The quantitative estimate of drug-likeness (QED) is 0.499. The van der Waals surface area contributed by atoms with Crippen molar-refractivity contribution in [3.05, 3.63) is 54.1 Å². The van der Waals surface area contributed by atoms with Gasteiger partial charge in [-0.05, 0) is 54.2 Å². The fraction of sp³-hybridized carbons (Fsp3) is 0.190. The normalized spacial score (nSPS) is 15.0. The van der Waals surface area contributed by atoms with Gasteiger partial charge in [0.2, 0.25) is 0 Å². The Bertz CT molecular complexity index is 1300. The van der Waals surface area contributed by atoms with Gasteiger partial charge in [0.25, 0.3) is 0 Å². The molecule has 3 N–H and O–H groups in total. The lowest BCUT2D eigenvalue weighted by Gasteiger charge is -2.23. The molecular weight excluding hydrogens is 384 g/mol. The van der Waals surface area contributed by atoms with Crippen LogP contribution in [0.4, 0.5) is 10.2 Å². The van der Waals surface area contributed by atoms with Crippen LogP contribution in [-0.4, -0.2) is 31.9 Å². The molecule has 0 radical (unpaired) electrons. The smallest absolute Gasteiger partial charge is 0.423 e. The van der Waals surface area contributed by atoms with Crippen molar-refractivity contribution >= 4 is 29.4 Å². The summed E-state index contributed by atoms with van der Waals surface area (Å²) in [5, 5.41) is 15.9. The van der Waals surface area contributed by atoms with E-state index in [4.69, 9.17) is 10.4 Å². The lowest BCUT2D eigenvalue weighted by atomic mass is 9.74. The van der Waals surface area contributed by atoms with Crippen LogP contribution < -0.4 is 11.2 Å². The molecule has 7 nitrogen and oxygen atoms in total. The summed E-state index contributed by atoms with van der Waals surface area (Å²) in [6.07, 6.45) is 1.40. The number of nitrogens with zero attached hydrogens (tertiary/aromatic N) is 4. The van der Waals surface area contributed by atoms with Crippen LogP contribution >= 0.6 is 0 Å². The number of benzene rings is 2. The van der Waals surface area contributed by atoms with E-state index in [0.717, 1.165) is 22.3 Å². The second-order valence-corrected chi connectivity index (χ2v) is 7.91. The number of nitrogens with two attached hydrogens (primary N) is 1. The van der Waals surface area contributed by atoms with Gasteiger partial charge >= 0.3 is 7.12 Å². The molecule has 0 saturated carbocycles. The molecule has 0 bridgehead atoms. The highest BCUT2D eigenvalue weighted by atomic mass is 19.1. The Morgan fingerprint density at radius 1 is 1.13 bits per heavy atom. The Morgan fingerprint density at radius 3 is 2.60 bits per heavy atom. The number of rotatable bonds is 2. The molecule has 5 rings (SSSR count). The van der Waals surface area contributed by atoms with Crippen molar-refractivity contribution < 1.29 is 14.1 Å². The van der Waals surface area contributed by atoms with Crippen LogP contribution in [0.3, 0.4) is 0 Å². The molecule has 1 aliphatic rings. The van der Waals surface area contributed by atoms with Gasteiger partial charge in [-0.25, -0.2) is 19.0 Å². The lowest BCUT2D eigenvalue weighted by molar-refractivity contribution is 0.101. The summed E-state index contributed by atoms with van der Waals surface area (Å²) in [5.41, 5.74) is 10.5. The number of aromatic nitrogens is 4. The summed E-state index contributed by atoms with van der Waals surface area (Å²) in [6.45, 7) is 3.80. The summed E-state index contributed by atoms with van der Waals surface area (Å²) in [6, 6.07) is 10.1. The van der Waals surface area contributed by atoms with E-state index in [0.29, 0.717) is 28.0 Å². The highest BCUT2D eigenvalue weighted by Gasteiger charge is 2.43. The molecule has 3 heterocycles. The third kappa shape index (κ3) is 2.70. The average molecular weight is 403 g/mol. The molecule has 30 heavy (non-hydrogen) atoms. The molecule has 0 aliphatic carbocycles. The van der Waals surface area contributed by atoms with Gasteiger partial charge in [-0.2, -0.15) is 5.10 Å². The number of aryl methyl sites for hydroxylation is 1. The van der Waals surface area contributed by atoms with E-state index in [1.165, 1.54) is 18.5 Å². The third-order valence-electron chi connectivity index (χ3n) is 5.52. The molecule has 9 heteroatoms. The minimum Gasteiger partial charge on any atom is -0.423 e. The van der Waals surface area contributed by atoms with Crippen LogP contribution in [0.2, 0.25) is 0 Å². The summed E-state index contributed by atoms with van der Waals surface area (Å²) in [4.78, 5) is 8.39. The molecule has 150 valence electrons. The van der Waals surface area contributed by atoms with Crippen LogP contribution in [0.15, 0.2) is 42.7 Å². The molecule has 0 fully saturated rings. The molecule has 0 unspecified atom stereocenters. The van der Waals surface area contributed by atoms with Gasteiger partial charge in [0.05, 0.1) is 11.0 Å². The van der Waals surface area contributed by atoms with Gasteiger partial charge in [-0.3, -0.25) is 0 Å². The predicted molar refractivity (Wildman–Crippen MR) is 113 cm³/mol. The highest BCUT2D eigenvalue weighted by molar-refractivity contribution is 6.62. The molecule has 1 aliphatic heterocycles. The first-order valence-electron chi connectivity index (χ1n) is 9.50. The highest BCUT2D eigenvalue weighted by Crippen LogP contribution is 2.40. The first-order chi connectivity index (χ1) is 14.3. The van der Waals surface area contributed by atoms with Crippen molar-refractivity contribution in [1.82, 2.24) is 19.7 Å². The third-order valence-corrected chi connectivity index (χ3v) is 5.52. The van der Waals surface area contributed by atoms with Gasteiger partial charge in [0.1, 0.15) is 23.7 Å². The first-order valence-corrected chi connectivity index (χ1v) is 9.50. The number of nitrogen functional groups attached to an aromatic ring is 1. The van der Waals surface area contributed by atoms with Gasteiger partial charge in [-0.15, -0.1) is 0 Å². The van der Waals surface area contributed by atoms with E-state index in [2.05, 4.69) is 15.1 Å². The van der Waals surface area contributed by atoms with Crippen LogP contribution in [0.1, 0.15) is 19.4 Å². The molecule has 0 spiro atoms. The summed E-state index contributed by atoms with van der Waals surface area (Å²) >= 11 is 0. The zero-order chi connectivity index (χ0) is 21.2. The zero-order valence-electron chi connectivity index (χ0n) is 16.7. The lowest BCUT2D eigenvalue weighted by Crippen LogP contribution is -2.28.